The SMILES string of the molecule is CNc1ccnc2sc3c(=O)n(-c4ccc5occc5c4)cnc3c12. The lowest BCUT2D eigenvalue weighted by Gasteiger charge is -2.05. The Morgan fingerprint density at radius 1 is 1.20 bits per heavy atom. The van der Waals surface area contributed by atoms with E-state index in [-0.39, 0.29) is 5.56 Å². The lowest BCUT2D eigenvalue weighted by atomic mass is 10.2. The van der Waals surface area contributed by atoms with E-state index in [4.69, 9.17) is 4.42 Å². The highest BCUT2D eigenvalue weighted by Gasteiger charge is 2.15. The van der Waals surface area contributed by atoms with Crippen molar-refractivity contribution in [1.29, 1.82) is 0 Å². The molecule has 5 rings (SSSR count). The average molecular weight is 348 g/mol. The molecule has 6 nitrogen and oxygen atoms in total. The van der Waals surface area contributed by atoms with Gasteiger partial charge in [-0.1, -0.05) is 0 Å². The first-order chi connectivity index (χ1) is 12.3. The molecule has 0 bridgehead atoms. The molecule has 1 aromatic carbocycles. The predicted molar refractivity (Wildman–Crippen MR) is 99.8 cm³/mol. The molecule has 0 saturated carbocycles. The standard InChI is InChI=1S/C18H12N4O2S/c1-19-12-4-6-20-17-14(12)15-16(25-17)18(23)22(9-21-15)11-2-3-13-10(8-11)5-7-24-13/h2-9H,1H3,(H,19,20). The molecule has 1 N–H and O–H groups in total. The van der Waals surface area contributed by atoms with Gasteiger partial charge in [0.05, 0.1) is 22.9 Å². The summed E-state index contributed by atoms with van der Waals surface area (Å²) in [5, 5.41) is 4.97. The third kappa shape index (κ3) is 1.99. The van der Waals surface area contributed by atoms with E-state index in [2.05, 4.69) is 15.3 Å². The quantitative estimate of drug-likeness (QED) is 0.525. The van der Waals surface area contributed by atoms with E-state index in [1.165, 1.54) is 11.3 Å². The Balaban J connectivity index is 1.82. The fourth-order valence-electron chi connectivity index (χ4n) is 3.05. The summed E-state index contributed by atoms with van der Waals surface area (Å²) in [4.78, 5) is 22.8. The van der Waals surface area contributed by atoms with Gasteiger partial charge in [0.1, 0.15) is 21.4 Å². The molecule has 0 atom stereocenters. The minimum atomic E-state index is -0.0992. The van der Waals surface area contributed by atoms with Crippen molar-refractivity contribution in [1.82, 2.24) is 14.5 Å². The molecule has 0 aliphatic heterocycles. The Kier molecular flexibility index (Phi) is 2.92. The minimum absolute atomic E-state index is 0.0992. The second-order valence-corrected chi connectivity index (χ2v) is 6.63. The highest BCUT2D eigenvalue weighted by Crippen LogP contribution is 2.33. The zero-order valence-corrected chi connectivity index (χ0v) is 14.0. The molecule has 7 heteroatoms. The molecule has 122 valence electrons. The van der Waals surface area contributed by atoms with Gasteiger partial charge >= 0.3 is 0 Å². The van der Waals surface area contributed by atoms with Crippen LogP contribution in [0, 0.1) is 0 Å². The number of anilines is 1. The maximum Gasteiger partial charge on any atom is 0.275 e. The van der Waals surface area contributed by atoms with Crippen molar-refractivity contribution in [3.8, 4) is 5.69 Å². The molecule has 0 saturated heterocycles. The van der Waals surface area contributed by atoms with Crippen LogP contribution in [-0.4, -0.2) is 21.6 Å². The topological polar surface area (TPSA) is 73.0 Å². The van der Waals surface area contributed by atoms with E-state index in [1.807, 2.05) is 37.4 Å². The Labute approximate surface area is 145 Å². The van der Waals surface area contributed by atoms with Crippen molar-refractivity contribution in [3.63, 3.8) is 0 Å². The molecular weight excluding hydrogens is 336 g/mol. The predicted octanol–water partition coefficient (Wildman–Crippen LogP) is 3.78. The maximum atomic E-state index is 13.0. The third-order valence-electron chi connectivity index (χ3n) is 4.27. The fourth-order valence-corrected chi connectivity index (χ4v) is 4.10. The van der Waals surface area contributed by atoms with Crippen LogP contribution in [0.4, 0.5) is 5.69 Å². The number of pyridine rings is 1. The number of hydrogen-bond acceptors (Lipinski definition) is 6. The van der Waals surface area contributed by atoms with Crippen LogP contribution in [0.25, 0.3) is 37.1 Å². The average Bonchev–Trinajstić information content (AvgIpc) is 3.25. The number of benzene rings is 1. The van der Waals surface area contributed by atoms with Crippen molar-refractivity contribution in [3.05, 3.63) is 59.5 Å². The van der Waals surface area contributed by atoms with Gasteiger partial charge in [-0.25, -0.2) is 9.97 Å². The van der Waals surface area contributed by atoms with Gasteiger partial charge in [0.2, 0.25) is 0 Å². The number of furan rings is 1. The van der Waals surface area contributed by atoms with E-state index in [0.29, 0.717) is 10.2 Å². The molecule has 0 amide bonds. The van der Waals surface area contributed by atoms with Gasteiger partial charge in [-0.15, -0.1) is 11.3 Å². The number of nitrogens with zero attached hydrogens (tertiary/aromatic N) is 3. The van der Waals surface area contributed by atoms with Crippen LogP contribution in [0.1, 0.15) is 0 Å². The van der Waals surface area contributed by atoms with E-state index in [9.17, 15) is 4.79 Å². The Hall–Kier alpha value is -3.19. The number of nitrogens with one attached hydrogen (secondary N) is 1. The lowest BCUT2D eigenvalue weighted by Crippen LogP contribution is -2.17. The molecule has 0 fully saturated rings. The maximum absolute atomic E-state index is 13.0. The Morgan fingerprint density at radius 2 is 2.12 bits per heavy atom. The largest absolute Gasteiger partial charge is 0.464 e. The third-order valence-corrected chi connectivity index (χ3v) is 5.34. The number of aromatic nitrogens is 3. The molecule has 0 aliphatic carbocycles. The van der Waals surface area contributed by atoms with Crippen LogP contribution < -0.4 is 10.9 Å². The molecule has 4 heterocycles. The van der Waals surface area contributed by atoms with Gasteiger partial charge in [0, 0.05) is 24.3 Å². The zero-order chi connectivity index (χ0) is 17.0. The summed E-state index contributed by atoms with van der Waals surface area (Å²) in [6.07, 6.45) is 4.94. The van der Waals surface area contributed by atoms with Gasteiger partial charge in [-0.05, 0) is 30.3 Å². The zero-order valence-electron chi connectivity index (χ0n) is 13.2. The van der Waals surface area contributed by atoms with Crippen LogP contribution in [0.2, 0.25) is 0 Å². The Bertz CT molecular complexity index is 1320. The number of rotatable bonds is 2. The van der Waals surface area contributed by atoms with Gasteiger partial charge < -0.3 is 9.73 Å². The van der Waals surface area contributed by atoms with Crippen LogP contribution in [0.15, 0.2) is 58.3 Å². The number of fused-ring (bicyclic) bond motifs is 4. The van der Waals surface area contributed by atoms with Crippen molar-refractivity contribution in [2.24, 2.45) is 0 Å². The first-order valence-electron chi connectivity index (χ1n) is 7.70. The Morgan fingerprint density at radius 3 is 3.00 bits per heavy atom. The molecular formula is C18H12N4O2S. The fraction of sp³-hybridized carbons (Fsp3) is 0.0556. The van der Waals surface area contributed by atoms with E-state index in [0.717, 1.165) is 32.6 Å². The van der Waals surface area contributed by atoms with Crippen LogP contribution in [-0.2, 0) is 0 Å². The molecule has 25 heavy (non-hydrogen) atoms. The smallest absolute Gasteiger partial charge is 0.275 e. The van der Waals surface area contributed by atoms with Crippen LogP contribution in [0.5, 0.6) is 0 Å². The second kappa shape index (κ2) is 5.15. The van der Waals surface area contributed by atoms with Gasteiger partial charge in [-0.3, -0.25) is 9.36 Å². The van der Waals surface area contributed by atoms with Crippen molar-refractivity contribution in [2.75, 3.05) is 12.4 Å². The molecule has 0 radical (unpaired) electrons. The van der Waals surface area contributed by atoms with Gasteiger partial charge in [0.25, 0.3) is 5.56 Å². The van der Waals surface area contributed by atoms with Crippen LogP contribution >= 0.6 is 11.3 Å². The molecule has 4 aromatic heterocycles. The van der Waals surface area contributed by atoms with E-state index in [1.54, 1.807) is 23.4 Å². The van der Waals surface area contributed by atoms with Crippen molar-refractivity contribution < 1.29 is 4.42 Å². The second-order valence-electron chi connectivity index (χ2n) is 5.63. The van der Waals surface area contributed by atoms with Crippen molar-refractivity contribution >= 4 is 48.4 Å². The minimum Gasteiger partial charge on any atom is -0.464 e. The summed E-state index contributed by atoms with van der Waals surface area (Å²) < 4.78 is 7.51. The summed E-state index contributed by atoms with van der Waals surface area (Å²) in [6, 6.07) is 9.38. The monoisotopic (exact) mass is 348 g/mol. The normalized spacial score (nSPS) is 11.6. The lowest BCUT2D eigenvalue weighted by molar-refractivity contribution is 0.616. The summed E-state index contributed by atoms with van der Waals surface area (Å²) in [6.45, 7) is 0. The first-order valence-corrected chi connectivity index (χ1v) is 8.52. The molecule has 5 aromatic rings. The molecule has 0 unspecified atom stereocenters. The number of hydrogen-bond donors (Lipinski definition) is 1. The van der Waals surface area contributed by atoms with Gasteiger partial charge in [0.15, 0.2) is 0 Å². The van der Waals surface area contributed by atoms with Gasteiger partial charge in [-0.2, -0.15) is 0 Å². The summed E-state index contributed by atoms with van der Waals surface area (Å²) >= 11 is 1.37. The summed E-state index contributed by atoms with van der Waals surface area (Å²) in [7, 11) is 1.85. The van der Waals surface area contributed by atoms with Crippen LogP contribution in [0.3, 0.4) is 0 Å². The summed E-state index contributed by atoms with van der Waals surface area (Å²) in [5.41, 5.74) is 3.05. The van der Waals surface area contributed by atoms with Crippen molar-refractivity contribution in [2.45, 2.75) is 0 Å². The van der Waals surface area contributed by atoms with E-state index < -0.39 is 0 Å². The highest BCUT2D eigenvalue weighted by atomic mass is 32.1. The first kappa shape index (κ1) is 14.2. The highest BCUT2D eigenvalue weighted by molar-refractivity contribution is 7.25. The van der Waals surface area contributed by atoms with E-state index >= 15 is 0 Å². The molecule has 0 spiro atoms. The number of thiophene rings is 1. The summed E-state index contributed by atoms with van der Waals surface area (Å²) in [5.74, 6) is 0. The molecule has 0 aliphatic rings.